The lowest BCUT2D eigenvalue weighted by Crippen LogP contribution is -2.13. The summed E-state index contributed by atoms with van der Waals surface area (Å²) in [6.45, 7) is 2.66. The van der Waals surface area contributed by atoms with Crippen LogP contribution in [0.3, 0.4) is 0 Å². The number of anilines is 2. The summed E-state index contributed by atoms with van der Waals surface area (Å²) in [6, 6.07) is 13.0. The number of aryl methyl sites for hydroxylation is 1. The fourth-order valence-electron chi connectivity index (χ4n) is 2.30. The van der Waals surface area contributed by atoms with E-state index in [0.717, 1.165) is 5.56 Å². The van der Waals surface area contributed by atoms with E-state index < -0.39 is 0 Å². The van der Waals surface area contributed by atoms with Crippen LogP contribution in [0.4, 0.5) is 11.6 Å². The SMILES string of the molecule is Cc1ccccc1CNc1ncc(C(=O)Nc2ccc(Cl)c(Cl)c2)cn1. The van der Waals surface area contributed by atoms with Crippen LogP contribution in [0.15, 0.2) is 54.9 Å². The highest BCUT2D eigenvalue weighted by Crippen LogP contribution is 2.25. The number of aromatic nitrogens is 2. The van der Waals surface area contributed by atoms with Gasteiger partial charge in [-0.25, -0.2) is 9.97 Å². The first-order valence-electron chi connectivity index (χ1n) is 7.90. The van der Waals surface area contributed by atoms with Gasteiger partial charge in [0.15, 0.2) is 0 Å². The van der Waals surface area contributed by atoms with Gasteiger partial charge in [0.05, 0.1) is 15.6 Å². The van der Waals surface area contributed by atoms with E-state index in [-0.39, 0.29) is 5.91 Å². The van der Waals surface area contributed by atoms with Gasteiger partial charge in [0.25, 0.3) is 5.91 Å². The summed E-state index contributed by atoms with van der Waals surface area (Å²) in [5.74, 6) is 0.133. The minimum Gasteiger partial charge on any atom is -0.350 e. The second kappa shape index (κ2) is 8.17. The van der Waals surface area contributed by atoms with Gasteiger partial charge in [-0.15, -0.1) is 0 Å². The first-order chi connectivity index (χ1) is 12.5. The number of carbonyl (C=O) groups is 1. The third kappa shape index (κ3) is 4.50. The molecule has 0 aliphatic heterocycles. The molecule has 1 heterocycles. The number of halogens is 2. The minimum absolute atomic E-state index is 0.325. The molecule has 26 heavy (non-hydrogen) atoms. The van der Waals surface area contributed by atoms with E-state index in [1.807, 2.05) is 31.2 Å². The Morgan fingerprint density at radius 1 is 1.04 bits per heavy atom. The Hall–Kier alpha value is -2.63. The lowest BCUT2D eigenvalue weighted by Gasteiger charge is -2.08. The molecular weight excluding hydrogens is 371 g/mol. The summed E-state index contributed by atoms with van der Waals surface area (Å²) in [6.07, 6.45) is 2.94. The summed E-state index contributed by atoms with van der Waals surface area (Å²) in [4.78, 5) is 20.6. The molecule has 3 rings (SSSR count). The van der Waals surface area contributed by atoms with Crippen LogP contribution in [0.5, 0.6) is 0 Å². The number of hydrogen-bond donors (Lipinski definition) is 2. The Balaban J connectivity index is 1.62. The molecule has 1 aromatic heterocycles. The Labute approximate surface area is 161 Å². The lowest BCUT2D eigenvalue weighted by atomic mass is 10.1. The van der Waals surface area contributed by atoms with E-state index in [0.29, 0.717) is 33.8 Å². The predicted octanol–water partition coefficient (Wildman–Crippen LogP) is 4.96. The van der Waals surface area contributed by atoms with E-state index >= 15 is 0 Å². The Kier molecular flexibility index (Phi) is 5.71. The summed E-state index contributed by atoms with van der Waals surface area (Å²) >= 11 is 11.8. The van der Waals surface area contributed by atoms with Crippen molar-refractivity contribution in [2.24, 2.45) is 0 Å². The van der Waals surface area contributed by atoms with Gasteiger partial charge >= 0.3 is 0 Å². The zero-order valence-electron chi connectivity index (χ0n) is 14.0. The van der Waals surface area contributed by atoms with Crippen molar-refractivity contribution in [3.05, 3.63) is 81.6 Å². The molecule has 3 aromatic rings. The highest BCUT2D eigenvalue weighted by atomic mass is 35.5. The average Bonchev–Trinajstić information content (AvgIpc) is 2.64. The Morgan fingerprint density at radius 2 is 1.77 bits per heavy atom. The van der Waals surface area contributed by atoms with Crippen LogP contribution >= 0.6 is 23.2 Å². The second-order valence-electron chi connectivity index (χ2n) is 5.66. The maximum absolute atomic E-state index is 12.3. The standard InChI is InChI=1S/C19H16Cl2N4O/c1-12-4-2-3-5-13(12)9-22-19-23-10-14(11-24-19)18(26)25-15-6-7-16(20)17(21)8-15/h2-8,10-11H,9H2,1H3,(H,25,26)(H,22,23,24). The summed E-state index contributed by atoms with van der Waals surface area (Å²) in [5, 5.41) is 6.67. The maximum Gasteiger partial charge on any atom is 0.258 e. The molecule has 2 N–H and O–H groups in total. The quantitative estimate of drug-likeness (QED) is 0.650. The molecule has 132 valence electrons. The average molecular weight is 387 g/mol. The van der Waals surface area contributed by atoms with Crippen LogP contribution in [-0.4, -0.2) is 15.9 Å². The minimum atomic E-state index is -0.325. The fourth-order valence-corrected chi connectivity index (χ4v) is 2.59. The van der Waals surface area contributed by atoms with Crippen LogP contribution in [0.2, 0.25) is 10.0 Å². The third-order valence-electron chi connectivity index (χ3n) is 3.79. The summed E-state index contributed by atoms with van der Waals surface area (Å²) in [7, 11) is 0. The summed E-state index contributed by atoms with van der Waals surface area (Å²) < 4.78 is 0. The van der Waals surface area contributed by atoms with Gasteiger partial charge < -0.3 is 10.6 Å². The number of nitrogens with zero attached hydrogens (tertiary/aromatic N) is 2. The number of hydrogen-bond acceptors (Lipinski definition) is 4. The number of rotatable bonds is 5. The van der Waals surface area contributed by atoms with Crippen LogP contribution in [-0.2, 0) is 6.54 Å². The third-order valence-corrected chi connectivity index (χ3v) is 4.53. The van der Waals surface area contributed by atoms with Gasteiger partial charge in [-0.3, -0.25) is 4.79 Å². The monoisotopic (exact) mass is 386 g/mol. The molecule has 0 aliphatic carbocycles. The number of nitrogens with one attached hydrogen (secondary N) is 2. The van der Waals surface area contributed by atoms with E-state index in [1.54, 1.807) is 18.2 Å². The fraction of sp³-hybridized carbons (Fsp3) is 0.105. The maximum atomic E-state index is 12.3. The highest BCUT2D eigenvalue weighted by Gasteiger charge is 2.09. The second-order valence-corrected chi connectivity index (χ2v) is 6.47. The molecular formula is C19H16Cl2N4O. The largest absolute Gasteiger partial charge is 0.350 e. The van der Waals surface area contributed by atoms with Gasteiger partial charge in [-0.2, -0.15) is 0 Å². The van der Waals surface area contributed by atoms with Crippen molar-refractivity contribution < 1.29 is 4.79 Å². The van der Waals surface area contributed by atoms with Crippen molar-refractivity contribution in [3.63, 3.8) is 0 Å². The molecule has 2 aromatic carbocycles. The summed E-state index contributed by atoms with van der Waals surface area (Å²) in [5.41, 5.74) is 3.25. The normalized spacial score (nSPS) is 10.4. The molecule has 0 saturated heterocycles. The van der Waals surface area contributed by atoms with Crippen LogP contribution in [0, 0.1) is 6.92 Å². The predicted molar refractivity (Wildman–Crippen MR) is 105 cm³/mol. The molecule has 1 amide bonds. The Bertz CT molecular complexity index is 929. The van der Waals surface area contributed by atoms with Crippen molar-refractivity contribution in [1.29, 1.82) is 0 Å². The zero-order chi connectivity index (χ0) is 18.5. The van der Waals surface area contributed by atoms with Crippen molar-refractivity contribution in [2.45, 2.75) is 13.5 Å². The van der Waals surface area contributed by atoms with E-state index in [1.165, 1.54) is 18.0 Å². The molecule has 0 saturated carbocycles. The molecule has 5 nitrogen and oxygen atoms in total. The molecule has 0 spiro atoms. The number of benzene rings is 2. The van der Waals surface area contributed by atoms with E-state index in [2.05, 4.69) is 20.6 Å². The van der Waals surface area contributed by atoms with Crippen molar-refractivity contribution in [1.82, 2.24) is 9.97 Å². The molecule has 0 unspecified atom stereocenters. The number of amides is 1. The topological polar surface area (TPSA) is 66.9 Å². The molecule has 0 aliphatic rings. The molecule has 0 atom stereocenters. The zero-order valence-corrected chi connectivity index (χ0v) is 15.5. The smallest absolute Gasteiger partial charge is 0.258 e. The van der Waals surface area contributed by atoms with Crippen LogP contribution in [0.1, 0.15) is 21.5 Å². The van der Waals surface area contributed by atoms with Crippen molar-refractivity contribution >= 4 is 40.7 Å². The van der Waals surface area contributed by atoms with Gasteiger partial charge in [0.2, 0.25) is 5.95 Å². The molecule has 0 fully saturated rings. The van der Waals surface area contributed by atoms with Crippen molar-refractivity contribution in [3.8, 4) is 0 Å². The number of carbonyl (C=O) groups excluding carboxylic acids is 1. The Morgan fingerprint density at radius 3 is 2.46 bits per heavy atom. The van der Waals surface area contributed by atoms with Crippen LogP contribution < -0.4 is 10.6 Å². The van der Waals surface area contributed by atoms with E-state index in [9.17, 15) is 4.79 Å². The first-order valence-corrected chi connectivity index (χ1v) is 8.65. The van der Waals surface area contributed by atoms with Gasteiger partial charge in [-0.1, -0.05) is 47.5 Å². The van der Waals surface area contributed by atoms with Gasteiger partial charge in [0.1, 0.15) is 0 Å². The van der Waals surface area contributed by atoms with E-state index in [4.69, 9.17) is 23.2 Å². The molecule has 0 bridgehead atoms. The van der Waals surface area contributed by atoms with Gasteiger partial charge in [-0.05, 0) is 36.2 Å². The molecule has 0 radical (unpaired) electrons. The van der Waals surface area contributed by atoms with Gasteiger partial charge in [0, 0.05) is 24.6 Å². The van der Waals surface area contributed by atoms with Crippen LogP contribution in [0.25, 0.3) is 0 Å². The van der Waals surface area contributed by atoms with Crippen molar-refractivity contribution in [2.75, 3.05) is 10.6 Å². The first kappa shape index (κ1) is 18.2. The highest BCUT2D eigenvalue weighted by molar-refractivity contribution is 6.42. The molecule has 7 heteroatoms. The lowest BCUT2D eigenvalue weighted by molar-refractivity contribution is 0.102.